The van der Waals surface area contributed by atoms with Crippen molar-refractivity contribution in [3.8, 4) is 11.1 Å². The van der Waals surface area contributed by atoms with Crippen LogP contribution in [0.15, 0.2) is 41.9 Å². The molecular formula is C19H21FN4O3S. The second-order valence-corrected chi connectivity index (χ2v) is 8.60. The normalized spacial score (nSPS) is 22.5. The molecule has 3 N–H and O–H groups in total. The Morgan fingerprint density at radius 3 is 2.64 bits per heavy atom. The highest BCUT2D eigenvalue weighted by Gasteiger charge is 2.42. The number of hydrogen-bond acceptors (Lipinski definition) is 6. The highest BCUT2D eigenvalue weighted by Crippen LogP contribution is 2.43. The topological polar surface area (TPSA) is 108 Å². The summed E-state index contributed by atoms with van der Waals surface area (Å²) in [5.41, 5.74) is -0.357. The molecule has 28 heavy (non-hydrogen) atoms. The molecule has 0 saturated carbocycles. The lowest BCUT2D eigenvalue weighted by Gasteiger charge is -2.40. The first-order chi connectivity index (χ1) is 13.1. The summed E-state index contributed by atoms with van der Waals surface area (Å²) in [5.74, 6) is -0.417. The largest absolute Gasteiger partial charge is 0.465 e. The van der Waals surface area contributed by atoms with Crippen molar-refractivity contribution in [2.45, 2.75) is 43.6 Å². The zero-order chi connectivity index (χ0) is 20.5. The molecule has 1 aromatic heterocycles. The van der Waals surface area contributed by atoms with Gasteiger partial charge in [0.25, 0.3) is 0 Å². The van der Waals surface area contributed by atoms with Crippen LogP contribution in [0.1, 0.15) is 32.8 Å². The number of aliphatic hydroxyl groups is 1. The number of aliphatic imine (C=N–C) groups is 1. The standard InChI is InChI=1S/C19H21FN4O3S/c1-18(2,27)15-7-19(3,24-16(28-15)23-17(25)26)12-4-5-14(20)13(6-12)11-8-21-10-22-9-11/h4-6,8-10,15,27H,7H2,1-3H3,(H,23,24)(H,25,26)/t15-,19-/m0/s1. The van der Waals surface area contributed by atoms with E-state index < -0.39 is 23.1 Å². The van der Waals surface area contributed by atoms with Gasteiger partial charge in [-0.3, -0.25) is 10.3 Å². The van der Waals surface area contributed by atoms with Gasteiger partial charge in [-0.2, -0.15) is 0 Å². The van der Waals surface area contributed by atoms with Crippen LogP contribution in [-0.2, 0) is 5.54 Å². The number of aromatic nitrogens is 2. The maximum absolute atomic E-state index is 14.4. The second kappa shape index (κ2) is 7.48. The Bertz CT molecular complexity index is 917. The minimum atomic E-state index is -1.23. The van der Waals surface area contributed by atoms with E-state index in [0.29, 0.717) is 23.1 Å². The quantitative estimate of drug-likeness (QED) is 0.724. The molecule has 1 aliphatic heterocycles. The van der Waals surface area contributed by atoms with Crippen LogP contribution >= 0.6 is 11.8 Å². The molecule has 2 heterocycles. The molecule has 1 aliphatic rings. The highest BCUT2D eigenvalue weighted by molar-refractivity contribution is 8.14. The molecule has 0 spiro atoms. The summed E-state index contributed by atoms with van der Waals surface area (Å²) >= 11 is 1.18. The summed E-state index contributed by atoms with van der Waals surface area (Å²) in [5, 5.41) is 21.8. The van der Waals surface area contributed by atoms with Gasteiger partial charge in [0.1, 0.15) is 12.1 Å². The van der Waals surface area contributed by atoms with E-state index in [1.165, 1.54) is 36.5 Å². The molecule has 0 fully saturated rings. The van der Waals surface area contributed by atoms with Gasteiger partial charge in [0.2, 0.25) is 0 Å². The van der Waals surface area contributed by atoms with Gasteiger partial charge in [0.15, 0.2) is 5.17 Å². The minimum Gasteiger partial charge on any atom is -0.465 e. The smallest absolute Gasteiger partial charge is 0.410 e. The van der Waals surface area contributed by atoms with Crippen LogP contribution in [0.2, 0.25) is 0 Å². The zero-order valence-corrected chi connectivity index (χ0v) is 16.5. The number of nitrogens with zero attached hydrogens (tertiary/aromatic N) is 3. The maximum Gasteiger partial charge on any atom is 0.410 e. The van der Waals surface area contributed by atoms with Gasteiger partial charge in [0.05, 0.1) is 11.1 Å². The van der Waals surface area contributed by atoms with Crippen molar-refractivity contribution in [1.82, 2.24) is 15.3 Å². The van der Waals surface area contributed by atoms with Crippen LogP contribution in [0.25, 0.3) is 11.1 Å². The fraction of sp³-hybridized carbons (Fsp3) is 0.368. The van der Waals surface area contributed by atoms with Crippen molar-refractivity contribution in [3.05, 3.63) is 48.3 Å². The fourth-order valence-corrected chi connectivity index (χ4v) is 4.44. The molecule has 148 valence electrons. The fourth-order valence-electron chi connectivity index (χ4n) is 3.08. The number of carboxylic acid groups (broad SMARTS) is 1. The number of amidine groups is 1. The summed E-state index contributed by atoms with van der Waals surface area (Å²) in [7, 11) is 0. The SMILES string of the molecule is CC(C)(O)[C@@H]1C[C@@](C)(c2ccc(F)c(-c3cncnc3)c2)N=C(NC(=O)O)S1. The molecule has 1 amide bonds. The van der Waals surface area contributed by atoms with E-state index in [2.05, 4.69) is 20.3 Å². The van der Waals surface area contributed by atoms with Crippen LogP contribution in [0.5, 0.6) is 0 Å². The van der Waals surface area contributed by atoms with Gasteiger partial charge in [-0.15, -0.1) is 0 Å². The summed E-state index contributed by atoms with van der Waals surface area (Å²) in [4.78, 5) is 23.6. The molecule has 9 heteroatoms. The first kappa shape index (κ1) is 20.2. The van der Waals surface area contributed by atoms with Crippen LogP contribution in [0, 0.1) is 5.82 Å². The summed E-state index contributed by atoms with van der Waals surface area (Å²) in [6, 6.07) is 4.65. The number of amides is 1. The van der Waals surface area contributed by atoms with Crippen molar-refractivity contribution >= 4 is 23.0 Å². The van der Waals surface area contributed by atoms with E-state index in [0.717, 1.165) is 0 Å². The first-order valence-corrected chi connectivity index (χ1v) is 9.51. The van der Waals surface area contributed by atoms with Gasteiger partial charge in [-0.25, -0.2) is 19.2 Å². The van der Waals surface area contributed by atoms with Crippen molar-refractivity contribution in [2.75, 3.05) is 0 Å². The third-order valence-electron chi connectivity index (χ3n) is 4.65. The average molecular weight is 404 g/mol. The number of rotatable bonds is 3. The summed E-state index contributed by atoms with van der Waals surface area (Å²) < 4.78 is 14.4. The molecule has 7 nitrogen and oxygen atoms in total. The molecule has 2 atom stereocenters. The first-order valence-electron chi connectivity index (χ1n) is 8.63. The summed E-state index contributed by atoms with van der Waals surface area (Å²) in [6.45, 7) is 5.19. The average Bonchev–Trinajstić information content (AvgIpc) is 2.61. The van der Waals surface area contributed by atoms with Crippen LogP contribution < -0.4 is 5.32 Å². The molecule has 0 aliphatic carbocycles. The van der Waals surface area contributed by atoms with Gasteiger partial charge < -0.3 is 10.2 Å². The van der Waals surface area contributed by atoms with Crippen molar-refractivity contribution < 1.29 is 19.4 Å². The molecule has 0 saturated heterocycles. The number of hydrogen-bond donors (Lipinski definition) is 3. The lowest BCUT2D eigenvalue weighted by Crippen LogP contribution is -2.45. The molecule has 0 bridgehead atoms. The van der Waals surface area contributed by atoms with Crippen LogP contribution in [-0.4, -0.2) is 42.3 Å². The maximum atomic E-state index is 14.4. The van der Waals surface area contributed by atoms with Gasteiger partial charge in [-0.1, -0.05) is 17.8 Å². The Morgan fingerprint density at radius 2 is 2.04 bits per heavy atom. The zero-order valence-electron chi connectivity index (χ0n) is 15.7. The van der Waals surface area contributed by atoms with E-state index in [1.54, 1.807) is 26.0 Å². The molecule has 3 rings (SSSR count). The van der Waals surface area contributed by atoms with E-state index >= 15 is 0 Å². The molecule has 0 unspecified atom stereocenters. The van der Waals surface area contributed by atoms with E-state index in [4.69, 9.17) is 5.11 Å². The van der Waals surface area contributed by atoms with Crippen LogP contribution in [0.3, 0.4) is 0 Å². The number of benzene rings is 1. The lowest BCUT2D eigenvalue weighted by molar-refractivity contribution is 0.0685. The Hall–Kier alpha value is -2.52. The van der Waals surface area contributed by atoms with Crippen molar-refractivity contribution in [2.24, 2.45) is 4.99 Å². The number of nitrogens with one attached hydrogen (secondary N) is 1. The Kier molecular flexibility index (Phi) is 5.40. The monoisotopic (exact) mass is 404 g/mol. The molecular weight excluding hydrogens is 383 g/mol. The lowest BCUT2D eigenvalue weighted by atomic mass is 9.83. The predicted octanol–water partition coefficient (Wildman–Crippen LogP) is 3.40. The second-order valence-electron chi connectivity index (χ2n) is 7.41. The molecule has 2 aromatic rings. The Labute approximate surface area is 166 Å². The predicted molar refractivity (Wildman–Crippen MR) is 106 cm³/mol. The number of carbonyl (C=O) groups is 1. The highest BCUT2D eigenvalue weighted by atomic mass is 32.2. The van der Waals surface area contributed by atoms with Gasteiger partial charge >= 0.3 is 6.09 Å². The van der Waals surface area contributed by atoms with Crippen LogP contribution in [0.4, 0.5) is 9.18 Å². The Morgan fingerprint density at radius 1 is 1.36 bits per heavy atom. The van der Waals surface area contributed by atoms with Crippen molar-refractivity contribution in [1.29, 1.82) is 0 Å². The third-order valence-corrected chi connectivity index (χ3v) is 6.09. The molecule has 1 aromatic carbocycles. The number of halogens is 1. The minimum absolute atomic E-state index is 0.197. The van der Waals surface area contributed by atoms with E-state index in [9.17, 15) is 14.3 Å². The van der Waals surface area contributed by atoms with Gasteiger partial charge in [-0.05, 0) is 44.9 Å². The molecule has 0 radical (unpaired) electrons. The third kappa shape index (κ3) is 4.31. The van der Waals surface area contributed by atoms with E-state index in [-0.39, 0.29) is 10.4 Å². The van der Waals surface area contributed by atoms with E-state index in [1.807, 2.05) is 6.92 Å². The number of thioether (sulfide) groups is 1. The van der Waals surface area contributed by atoms with Gasteiger partial charge in [0, 0.05) is 28.8 Å². The van der Waals surface area contributed by atoms with Crippen molar-refractivity contribution in [3.63, 3.8) is 0 Å². The summed E-state index contributed by atoms with van der Waals surface area (Å²) in [6.07, 6.45) is 3.63. The Balaban J connectivity index is 2.08.